The van der Waals surface area contributed by atoms with Crippen molar-refractivity contribution in [3.05, 3.63) is 82.9 Å². The summed E-state index contributed by atoms with van der Waals surface area (Å²) in [6, 6.07) is 15.5. The van der Waals surface area contributed by atoms with E-state index in [4.69, 9.17) is 4.74 Å². The van der Waals surface area contributed by atoms with Crippen molar-refractivity contribution < 1.29 is 31.5 Å². The lowest BCUT2D eigenvalue weighted by atomic mass is 10.1. The summed E-state index contributed by atoms with van der Waals surface area (Å²) in [6.07, 6.45) is 0. The Morgan fingerprint density at radius 2 is 1.68 bits per heavy atom. The first-order chi connectivity index (χ1) is 16.1. The number of sulfonamides is 1. The van der Waals surface area contributed by atoms with Crippen molar-refractivity contribution in [2.75, 3.05) is 11.8 Å². The number of halogens is 2. The molecule has 0 saturated carbocycles. The monoisotopic (exact) mass is 490 g/mol. The molecule has 0 aromatic heterocycles. The highest BCUT2D eigenvalue weighted by atomic mass is 32.2. The van der Waals surface area contributed by atoms with E-state index < -0.39 is 22.5 Å². The van der Waals surface area contributed by atoms with Crippen LogP contribution in [0.3, 0.4) is 0 Å². The highest BCUT2D eigenvalue weighted by Gasteiger charge is 2.17. The van der Waals surface area contributed by atoms with Crippen LogP contribution in [0, 0.1) is 13.8 Å². The smallest absolute Gasteiger partial charge is 0.387 e. The van der Waals surface area contributed by atoms with Crippen LogP contribution >= 0.6 is 0 Å². The normalized spacial score (nSPS) is 11.2. The average molecular weight is 491 g/mol. The number of carbonyl (C=O) groups is 1. The molecule has 0 aliphatic rings. The molecular formula is C24H24F2N2O5S. The van der Waals surface area contributed by atoms with E-state index in [0.29, 0.717) is 22.4 Å². The molecule has 0 bridgehead atoms. The first-order valence-corrected chi connectivity index (χ1v) is 11.7. The van der Waals surface area contributed by atoms with E-state index in [-0.39, 0.29) is 22.9 Å². The van der Waals surface area contributed by atoms with E-state index in [0.717, 1.165) is 5.56 Å². The summed E-state index contributed by atoms with van der Waals surface area (Å²) < 4.78 is 62.3. The summed E-state index contributed by atoms with van der Waals surface area (Å²) >= 11 is 0. The van der Waals surface area contributed by atoms with Gasteiger partial charge in [0.25, 0.3) is 15.9 Å². The van der Waals surface area contributed by atoms with Gasteiger partial charge in [0, 0.05) is 17.8 Å². The van der Waals surface area contributed by atoms with Crippen molar-refractivity contribution in [1.82, 2.24) is 5.32 Å². The fourth-order valence-electron chi connectivity index (χ4n) is 3.20. The van der Waals surface area contributed by atoms with Gasteiger partial charge >= 0.3 is 6.61 Å². The van der Waals surface area contributed by atoms with Gasteiger partial charge in [0.1, 0.15) is 0 Å². The minimum absolute atomic E-state index is 0.105. The minimum atomic E-state index is -3.78. The Labute approximate surface area is 196 Å². The van der Waals surface area contributed by atoms with Crippen LogP contribution in [0.4, 0.5) is 14.5 Å². The lowest BCUT2D eigenvalue weighted by molar-refractivity contribution is -0.0512. The zero-order chi connectivity index (χ0) is 24.9. The SMILES string of the molecule is COc1cc(CNC(=O)c2ccc(NS(=O)(=O)c3cc(C)ccc3C)cc2)ccc1OC(F)F. The fraction of sp³-hybridized carbons (Fsp3) is 0.208. The van der Waals surface area contributed by atoms with Gasteiger partial charge in [-0.15, -0.1) is 0 Å². The summed E-state index contributed by atoms with van der Waals surface area (Å²) in [5.41, 5.74) is 2.70. The van der Waals surface area contributed by atoms with Crippen molar-refractivity contribution in [3.63, 3.8) is 0 Å². The van der Waals surface area contributed by atoms with Crippen LogP contribution < -0.4 is 19.5 Å². The predicted molar refractivity (Wildman–Crippen MR) is 124 cm³/mol. The lowest BCUT2D eigenvalue weighted by Gasteiger charge is -2.13. The largest absolute Gasteiger partial charge is 0.493 e. The summed E-state index contributed by atoms with van der Waals surface area (Å²) in [6.45, 7) is 0.669. The molecule has 0 saturated heterocycles. The highest BCUT2D eigenvalue weighted by Crippen LogP contribution is 2.29. The molecule has 10 heteroatoms. The lowest BCUT2D eigenvalue weighted by Crippen LogP contribution is -2.22. The topological polar surface area (TPSA) is 93.7 Å². The zero-order valence-electron chi connectivity index (χ0n) is 18.8. The second-order valence-electron chi connectivity index (χ2n) is 7.50. The third-order valence-corrected chi connectivity index (χ3v) is 6.45. The molecule has 34 heavy (non-hydrogen) atoms. The molecule has 2 N–H and O–H groups in total. The number of rotatable bonds is 9. The number of hydrogen-bond donors (Lipinski definition) is 2. The summed E-state index contributed by atoms with van der Waals surface area (Å²) in [5, 5.41) is 2.71. The van der Waals surface area contributed by atoms with Gasteiger partial charge in [0.15, 0.2) is 11.5 Å². The van der Waals surface area contributed by atoms with Crippen LogP contribution in [0.25, 0.3) is 0 Å². The van der Waals surface area contributed by atoms with Crippen LogP contribution in [-0.2, 0) is 16.6 Å². The van der Waals surface area contributed by atoms with E-state index in [1.54, 1.807) is 19.1 Å². The van der Waals surface area contributed by atoms with Crippen molar-refractivity contribution in [3.8, 4) is 11.5 Å². The van der Waals surface area contributed by atoms with Gasteiger partial charge < -0.3 is 14.8 Å². The molecule has 3 rings (SSSR count). The molecule has 3 aromatic carbocycles. The molecule has 7 nitrogen and oxygen atoms in total. The summed E-state index contributed by atoms with van der Waals surface area (Å²) in [5.74, 6) is -0.380. The van der Waals surface area contributed by atoms with E-state index in [2.05, 4.69) is 14.8 Å². The summed E-state index contributed by atoms with van der Waals surface area (Å²) in [4.78, 5) is 12.7. The highest BCUT2D eigenvalue weighted by molar-refractivity contribution is 7.92. The van der Waals surface area contributed by atoms with Gasteiger partial charge in [-0.2, -0.15) is 8.78 Å². The van der Waals surface area contributed by atoms with E-state index in [1.807, 2.05) is 13.0 Å². The number of aryl methyl sites for hydroxylation is 2. The predicted octanol–water partition coefficient (Wildman–Crippen LogP) is 4.64. The van der Waals surface area contributed by atoms with Crippen LogP contribution in [-0.4, -0.2) is 28.0 Å². The number of methoxy groups -OCH3 is 1. The Hall–Kier alpha value is -3.66. The standard InChI is InChI=1S/C24H24F2N2O5S/c1-15-4-5-16(2)22(12-15)34(30,31)28-19-9-7-18(8-10-19)23(29)27-14-17-6-11-20(33-24(25)26)21(13-17)32-3/h4-13,24,28H,14H2,1-3H3,(H,27,29). The molecule has 0 unspecified atom stereocenters. The maximum absolute atomic E-state index is 12.7. The average Bonchev–Trinajstić information content (AvgIpc) is 2.79. The molecule has 0 aliphatic heterocycles. The first kappa shape index (κ1) is 25.0. The second kappa shape index (κ2) is 10.5. The Kier molecular flexibility index (Phi) is 7.72. The fourth-order valence-corrected chi connectivity index (χ4v) is 4.59. The number of nitrogens with one attached hydrogen (secondary N) is 2. The van der Waals surface area contributed by atoms with Crippen LogP contribution in [0.2, 0.25) is 0 Å². The minimum Gasteiger partial charge on any atom is -0.493 e. The van der Waals surface area contributed by atoms with Crippen molar-refractivity contribution in [2.45, 2.75) is 31.9 Å². The Morgan fingerprint density at radius 1 is 0.971 bits per heavy atom. The first-order valence-electron chi connectivity index (χ1n) is 10.2. The molecule has 0 spiro atoms. The number of amides is 1. The van der Waals surface area contributed by atoms with Crippen LogP contribution in [0.15, 0.2) is 65.6 Å². The van der Waals surface area contributed by atoms with Gasteiger partial charge in [-0.1, -0.05) is 18.2 Å². The number of hydrogen-bond acceptors (Lipinski definition) is 5. The van der Waals surface area contributed by atoms with Crippen LogP contribution in [0.1, 0.15) is 27.0 Å². The molecule has 1 amide bonds. The Balaban J connectivity index is 1.65. The number of anilines is 1. The zero-order valence-corrected chi connectivity index (χ0v) is 19.6. The Morgan fingerprint density at radius 3 is 2.32 bits per heavy atom. The second-order valence-corrected chi connectivity index (χ2v) is 9.15. The molecule has 0 aliphatic carbocycles. The van der Waals surface area contributed by atoms with Gasteiger partial charge in [0.2, 0.25) is 0 Å². The number of ether oxygens (including phenoxy) is 2. The number of benzene rings is 3. The number of carbonyl (C=O) groups excluding carboxylic acids is 1. The summed E-state index contributed by atoms with van der Waals surface area (Å²) in [7, 11) is -2.46. The van der Waals surface area contributed by atoms with Crippen LogP contribution in [0.5, 0.6) is 11.5 Å². The van der Waals surface area contributed by atoms with E-state index in [1.165, 1.54) is 49.6 Å². The third kappa shape index (κ3) is 6.22. The number of alkyl halides is 2. The quantitative estimate of drug-likeness (QED) is 0.456. The molecule has 180 valence electrons. The molecule has 3 aromatic rings. The Bertz CT molecular complexity index is 1280. The van der Waals surface area contributed by atoms with Gasteiger partial charge in [-0.05, 0) is 73.0 Å². The van der Waals surface area contributed by atoms with Gasteiger partial charge in [0.05, 0.1) is 12.0 Å². The van der Waals surface area contributed by atoms with Gasteiger partial charge in [-0.25, -0.2) is 8.42 Å². The third-order valence-electron chi connectivity index (χ3n) is 4.93. The van der Waals surface area contributed by atoms with Crippen molar-refractivity contribution in [2.24, 2.45) is 0 Å². The molecular weight excluding hydrogens is 466 g/mol. The van der Waals surface area contributed by atoms with Crippen molar-refractivity contribution in [1.29, 1.82) is 0 Å². The molecule has 0 atom stereocenters. The van der Waals surface area contributed by atoms with E-state index >= 15 is 0 Å². The van der Waals surface area contributed by atoms with E-state index in [9.17, 15) is 22.0 Å². The maximum atomic E-state index is 12.7. The molecule has 0 fully saturated rings. The molecule has 0 heterocycles. The molecule has 0 radical (unpaired) electrons. The van der Waals surface area contributed by atoms with Gasteiger partial charge in [-0.3, -0.25) is 9.52 Å². The maximum Gasteiger partial charge on any atom is 0.387 e. The van der Waals surface area contributed by atoms with Crippen molar-refractivity contribution >= 4 is 21.6 Å².